The number of hydrogen-bond acceptors (Lipinski definition) is 5. The predicted molar refractivity (Wildman–Crippen MR) is 122 cm³/mol. The van der Waals surface area contributed by atoms with Crippen molar-refractivity contribution in [3.05, 3.63) is 78.9 Å². The summed E-state index contributed by atoms with van der Waals surface area (Å²) < 4.78 is 5.63. The van der Waals surface area contributed by atoms with Crippen LogP contribution in [0.5, 0.6) is 5.75 Å². The lowest BCUT2D eigenvalue weighted by molar-refractivity contribution is 0.317. The minimum absolute atomic E-state index is 0. The Kier molecular flexibility index (Phi) is 6.87. The molecule has 0 bridgehead atoms. The number of aromatic nitrogens is 2. The number of anilines is 4. The highest BCUT2D eigenvalue weighted by Gasteiger charge is 2.08. The van der Waals surface area contributed by atoms with Gasteiger partial charge in [0.25, 0.3) is 0 Å². The van der Waals surface area contributed by atoms with Crippen molar-refractivity contribution in [2.75, 3.05) is 17.2 Å². The van der Waals surface area contributed by atoms with Gasteiger partial charge in [0.2, 0.25) is 5.95 Å². The van der Waals surface area contributed by atoms with Crippen molar-refractivity contribution in [1.82, 2.24) is 9.97 Å². The summed E-state index contributed by atoms with van der Waals surface area (Å²) in [5, 5.41) is 7.65. The molecule has 0 aliphatic rings. The molecule has 0 aliphatic carbocycles. The van der Waals surface area contributed by atoms with Crippen molar-refractivity contribution in [3.8, 4) is 5.75 Å². The van der Waals surface area contributed by atoms with Gasteiger partial charge < -0.3 is 15.4 Å². The predicted octanol–water partition coefficient (Wildman–Crippen LogP) is 6.33. The molecule has 3 aromatic carbocycles. The van der Waals surface area contributed by atoms with Crippen molar-refractivity contribution in [2.24, 2.45) is 0 Å². The second kappa shape index (κ2) is 9.75. The van der Waals surface area contributed by atoms with Crippen molar-refractivity contribution < 1.29 is 4.74 Å². The van der Waals surface area contributed by atoms with Crippen LogP contribution in [-0.2, 0) is 0 Å². The van der Waals surface area contributed by atoms with Gasteiger partial charge in [-0.25, -0.2) is 4.98 Å². The van der Waals surface area contributed by atoms with Crippen molar-refractivity contribution in [1.29, 1.82) is 0 Å². The van der Waals surface area contributed by atoms with E-state index in [-0.39, 0.29) is 12.4 Å². The van der Waals surface area contributed by atoms with E-state index in [9.17, 15) is 0 Å². The van der Waals surface area contributed by atoms with E-state index in [4.69, 9.17) is 9.72 Å². The van der Waals surface area contributed by atoms with Crippen LogP contribution in [0.25, 0.3) is 10.9 Å². The topological polar surface area (TPSA) is 59.1 Å². The zero-order valence-electron chi connectivity index (χ0n) is 16.1. The molecule has 0 saturated carbocycles. The molecular formula is C23H23ClN4O. The van der Waals surface area contributed by atoms with Crippen molar-refractivity contribution in [3.63, 3.8) is 0 Å². The first kappa shape index (κ1) is 20.4. The SMILES string of the molecule is CCCOc1ccc(Nc2nc(Nc3ccccc3)c3ccccc3n2)cc1.Cl. The number of halogens is 1. The van der Waals surface area contributed by atoms with E-state index in [1.807, 2.05) is 78.9 Å². The van der Waals surface area contributed by atoms with Crippen LogP contribution in [0.15, 0.2) is 78.9 Å². The Labute approximate surface area is 176 Å². The highest BCUT2D eigenvalue weighted by molar-refractivity contribution is 5.92. The zero-order valence-corrected chi connectivity index (χ0v) is 16.9. The fourth-order valence-corrected chi connectivity index (χ4v) is 2.87. The van der Waals surface area contributed by atoms with Crippen molar-refractivity contribution >= 4 is 46.5 Å². The van der Waals surface area contributed by atoms with E-state index in [1.165, 1.54) is 0 Å². The molecule has 0 radical (unpaired) electrons. The highest BCUT2D eigenvalue weighted by Crippen LogP contribution is 2.26. The summed E-state index contributed by atoms with van der Waals surface area (Å²) in [6.45, 7) is 2.81. The fourth-order valence-electron chi connectivity index (χ4n) is 2.87. The maximum absolute atomic E-state index is 5.63. The third-order valence-corrected chi connectivity index (χ3v) is 4.22. The van der Waals surface area contributed by atoms with Gasteiger partial charge in [-0.1, -0.05) is 37.3 Å². The van der Waals surface area contributed by atoms with Crippen LogP contribution in [0.1, 0.15) is 13.3 Å². The number of nitrogens with one attached hydrogen (secondary N) is 2. The molecule has 0 unspecified atom stereocenters. The first-order valence-electron chi connectivity index (χ1n) is 9.40. The largest absolute Gasteiger partial charge is 0.494 e. The van der Waals surface area contributed by atoms with Gasteiger partial charge in [-0.2, -0.15) is 4.98 Å². The van der Waals surface area contributed by atoms with Gasteiger partial charge in [0.1, 0.15) is 11.6 Å². The van der Waals surface area contributed by atoms with Crippen LogP contribution in [-0.4, -0.2) is 16.6 Å². The minimum atomic E-state index is 0. The number of fused-ring (bicyclic) bond motifs is 1. The fraction of sp³-hybridized carbons (Fsp3) is 0.130. The molecule has 29 heavy (non-hydrogen) atoms. The molecule has 1 aromatic heterocycles. The summed E-state index contributed by atoms with van der Waals surface area (Å²) in [6, 6.07) is 25.8. The number of para-hydroxylation sites is 2. The summed E-state index contributed by atoms with van der Waals surface area (Å²) in [5.74, 6) is 2.17. The lowest BCUT2D eigenvalue weighted by Gasteiger charge is -2.12. The number of benzene rings is 3. The monoisotopic (exact) mass is 406 g/mol. The Morgan fingerprint density at radius 3 is 2.21 bits per heavy atom. The van der Waals surface area contributed by atoms with E-state index in [0.717, 1.165) is 46.9 Å². The van der Waals surface area contributed by atoms with Crippen LogP contribution < -0.4 is 15.4 Å². The highest BCUT2D eigenvalue weighted by atomic mass is 35.5. The molecule has 2 N–H and O–H groups in total. The van der Waals surface area contributed by atoms with E-state index in [0.29, 0.717) is 5.95 Å². The first-order chi connectivity index (χ1) is 13.8. The molecule has 1 heterocycles. The second-order valence-electron chi connectivity index (χ2n) is 6.40. The number of ether oxygens (including phenoxy) is 1. The third kappa shape index (κ3) is 5.15. The van der Waals surface area contributed by atoms with E-state index >= 15 is 0 Å². The van der Waals surface area contributed by atoms with Gasteiger partial charge in [-0.3, -0.25) is 0 Å². The Bertz CT molecular complexity index is 1060. The molecule has 0 fully saturated rings. The Morgan fingerprint density at radius 1 is 0.759 bits per heavy atom. The third-order valence-electron chi connectivity index (χ3n) is 4.22. The van der Waals surface area contributed by atoms with Crippen LogP contribution >= 0.6 is 12.4 Å². The maximum Gasteiger partial charge on any atom is 0.229 e. The van der Waals surface area contributed by atoms with Gasteiger partial charge in [0, 0.05) is 16.8 Å². The second-order valence-corrected chi connectivity index (χ2v) is 6.40. The lowest BCUT2D eigenvalue weighted by atomic mass is 10.2. The standard InChI is InChI=1S/C23H22N4O.ClH/c1-2-16-28-19-14-12-18(13-15-19)25-23-26-21-11-7-6-10-20(21)22(27-23)24-17-8-4-3-5-9-17;/h3-15H,2,16H2,1H3,(H2,24,25,26,27);1H. The van der Waals surface area contributed by atoms with Crippen LogP contribution in [0.2, 0.25) is 0 Å². The summed E-state index contributed by atoms with van der Waals surface area (Å²) in [7, 11) is 0. The summed E-state index contributed by atoms with van der Waals surface area (Å²) in [6.07, 6.45) is 0.988. The lowest BCUT2D eigenvalue weighted by Crippen LogP contribution is -2.02. The van der Waals surface area contributed by atoms with Crippen molar-refractivity contribution in [2.45, 2.75) is 13.3 Å². The Balaban J connectivity index is 0.00000240. The van der Waals surface area contributed by atoms with Crippen LogP contribution in [0, 0.1) is 0 Å². The molecule has 4 aromatic rings. The smallest absolute Gasteiger partial charge is 0.229 e. The summed E-state index contributed by atoms with van der Waals surface area (Å²) >= 11 is 0. The molecule has 6 heteroatoms. The molecule has 0 atom stereocenters. The average Bonchev–Trinajstić information content (AvgIpc) is 2.74. The van der Waals surface area contributed by atoms with Gasteiger partial charge in [0.15, 0.2) is 0 Å². The van der Waals surface area contributed by atoms with E-state index in [2.05, 4.69) is 22.5 Å². The first-order valence-corrected chi connectivity index (χ1v) is 9.40. The normalized spacial score (nSPS) is 10.2. The zero-order chi connectivity index (χ0) is 19.2. The van der Waals surface area contributed by atoms with Crippen LogP contribution in [0.4, 0.5) is 23.1 Å². The molecule has 0 aliphatic heterocycles. The quantitative estimate of drug-likeness (QED) is 0.375. The Morgan fingerprint density at radius 2 is 1.45 bits per heavy atom. The number of nitrogens with zero attached hydrogens (tertiary/aromatic N) is 2. The molecule has 4 rings (SSSR count). The number of hydrogen-bond donors (Lipinski definition) is 2. The average molecular weight is 407 g/mol. The minimum Gasteiger partial charge on any atom is -0.494 e. The molecule has 148 valence electrons. The molecule has 5 nitrogen and oxygen atoms in total. The summed E-state index contributed by atoms with van der Waals surface area (Å²) in [5.41, 5.74) is 2.76. The van der Waals surface area contributed by atoms with Gasteiger partial charge in [-0.15, -0.1) is 12.4 Å². The summed E-state index contributed by atoms with van der Waals surface area (Å²) in [4.78, 5) is 9.35. The van der Waals surface area contributed by atoms with E-state index < -0.39 is 0 Å². The number of rotatable bonds is 7. The molecular weight excluding hydrogens is 384 g/mol. The van der Waals surface area contributed by atoms with Gasteiger partial charge in [0.05, 0.1) is 12.1 Å². The molecule has 0 spiro atoms. The Hall–Kier alpha value is -3.31. The van der Waals surface area contributed by atoms with Gasteiger partial charge >= 0.3 is 0 Å². The maximum atomic E-state index is 5.63. The van der Waals surface area contributed by atoms with Gasteiger partial charge in [-0.05, 0) is 55.0 Å². The van der Waals surface area contributed by atoms with E-state index in [1.54, 1.807) is 0 Å². The molecule has 0 saturated heterocycles. The molecule has 0 amide bonds. The van der Waals surface area contributed by atoms with Crippen LogP contribution in [0.3, 0.4) is 0 Å².